The summed E-state index contributed by atoms with van der Waals surface area (Å²) in [7, 11) is 1.82. The van der Waals surface area contributed by atoms with Crippen molar-refractivity contribution in [2.75, 3.05) is 18.9 Å². The van der Waals surface area contributed by atoms with Crippen LogP contribution in [0.2, 0.25) is 0 Å². The standard InChI is InChI=1S/C12H16BrNO/c1-9-5-4-6-11(10(9)2)12(15)14(3)8-7-13/h4-6H,7-8H2,1-3H3. The van der Waals surface area contributed by atoms with Crippen molar-refractivity contribution < 1.29 is 4.79 Å². The molecule has 0 aliphatic carbocycles. The molecule has 1 aromatic rings. The monoisotopic (exact) mass is 269 g/mol. The van der Waals surface area contributed by atoms with Crippen LogP contribution in [0.15, 0.2) is 18.2 Å². The van der Waals surface area contributed by atoms with Crippen LogP contribution in [-0.4, -0.2) is 29.7 Å². The van der Waals surface area contributed by atoms with E-state index in [1.807, 2.05) is 39.1 Å². The van der Waals surface area contributed by atoms with Crippen molar-refractivity contribution in [3.05, 3.63) is 34.9 Å². The number of halogens is 1. The lowest BCUT2D eigenvalue weighted by Crippen LogP contribution is -2.29. The topological polar surface area (TPSA) is 20.3 Å². The van der Waals surface area contributed by atoms with E-state index in [1.54, 1.807) is 4.90 Å². The van der Waals surface area contributed by atoms with Gasteiger partial charge in [-0.3, -0.25) is 4.79 Å². The molecule has 0 spiro atoms. The Morgan fingerprint density at radius 2 is 2.07 bits per heavy atom. The van der Waals surface area contributed by atoms with E-state index in [1.165, 1.54) is 0 Å². The maximum atomic E-state index is 12.0. The quantitative estimate of drug-likeness (QED) is 0.773. The second kappa shape index (κ2) is 5.31. The molecule has 15 heavy (non-hydrogen) atoms. The minimum Gasteiger partial charge on any atom is -0.341 e. The number of nitrogens with zero attached hydrogens (tertiary/aromatic N) is 1. The van der Waals surface area contributed by atoms with Gasteiger partial charge in [-0.25, -0.2) is 0 Å². The molecular formula is C12H16BrNO. The van der Waals surface area contributed by atoms with Gasteiger partial charge in [0.05, 0.1) is 0 Å². The number of benzene rings is 1. The molecule has 0 fully saturated rings. The average Bonchev–Trinajstić information content (AvgIpc) is 2.21. The van der Waals surface area contributed by atoms with Gasteiger partial charge in [0, 0.05) is 24.5 Å². The van der Waals surface area contributed by atoms with E-state index in [-0.39, 0.29) is 5.91 Å². The van der Waals surface area contributed by atoms with Crippen LogP contribution in [0.4, 0.5) is 0 Å². The Bertz CT molecular complexity index is 363. The van der Waals surface area contributed by atoms with E-state index in [9.17, 15) is 4.79 Å². The van der Waals surface area contributed by atoms with Crippen LogP contribution in [0.5, 0.6) is 0 Å². The third-order valence-corrected chi connectivity index (χ3v) is 2.96. The van der Waals surface area contributed by atoms with Crippen molar-refractivity contribution in [1.29, 1.82) is 0 Å². The van der Waals surface area contributed by atoms with Gasteiger partial charge >= 0.3 is 0 Å². The molecule has 0 unspecified atom stereocenters. The summed E-state index contributed by atoms with van der Waals surface area (Å²) in [4.78, 5) is 13.7. The second-order valence-electron chi connectivity index (χ2n) is 3.66. The fourth-order valence-corrected chi connectivity index (χ4v) is 1.95. The molecule has 0 aliphatic heterocycles. The summed E-state index contributed by atoms with van der Waals surface area (Å²) in [6, 6.07) is 5.84. The van der Waals surface area contributed by atoms with Gasteiger partial charge < -0.3 is 4.90 Å². The lowest BCUT2D eigenvalue weighted by Gasteiger charge is -2.17. The molecule has 2 nitrogen and oxygen atoms in total. The van der Waals surface area contributed by atoms with Gasteiger partial charge in [-0.1, -0.05) is 28.1 Å². The van der Waals surface area contributed by atoms with Gasteiger partial charge in [0.25, 0.3) is 5.91 Å². The summed E-state index contributed by atoms with van der Waals surface area (Å²) in [5.41, 5.74) is 3.04. The number of alkyl halides is 1. The zero-order chi connectivity index (χ0) is 11.4. The largest absolute Gasteiger partial charge is 0.341 e. The molecule has 82 valence electrons. The number of hydrogen-bond acceptors (Lipinski definition) is 1. The fraction of sp³-hybridized carbons (Fsp3) is 0.417. The van der Waals surface area contributed by atoms with Crippen LogP contribution in [0.1, 0.15) is 21.5 Å². The van der Waals surface area contributed by atoms with E-state index in [4.69, 9.17) is 0 Å². The molecule has 0 bridgehead atoms. The highest BCUT2D eigenvalue weighted by Crippen LogP contribution is 2.14. The van der Waals surface area contributed by atoms with E-state index in [0.29, 0.717) is 0 Å². The van der Waals surface area contributed by atoms with Crippen LogP contribution in [-0.2, 0) is 0 Å². The zero-order valence-corrected chi connectivity index (χ0v) is 11.0. The van der Waals surface area contributed by atoms with Gasteiger partial charge in [0.2, 0.25) is 0 Å². The lowest BCUT2D eigenvalue weighted by atomic mass is 10.0. The number of hydrogen-bond donors (Lipinski definition) is 0. The third-order valence-electron chi connectivity index (χ3n) is 2.60. The van der Waals surface area contributed by atoms with Gasteiger partial charge in [-0.05, 0) is 31.0 Å². The SMILES string of the molecule is Cc1cccc(C(=O)N(C)CCBr)c1C. The highest BCUT2D eigenvalue weighted by atomic mass is 79.9. The third kappa shape index (κ3) is 2.81. The lowest BCUT2D eigenvalue weighted by molar-refractivity contribution is 0.0803. The van der Waals surface area contributed by atoms with Crippen LogP contribution >= 0.6 is 15.9 Å². The van der Waals surface area contributed by atoms with Crippen molar-refractivity contribution in [2.45, 2.75) is 13.8 Å². The summed E-state index contributed by atoms with van der Waals surface area (Å²) >= 11 is 3.33. The number of rotatable bonds is 3. The molecule has 0 heterocycles. The van der Waals surface area contributed by atoms with Crippen LogP contribution in [0, 0.1) is 13.8 Å². The summed E-state index contributed by atoms with van der Waals surface area (Å²) in [6.45, 7) is 4.74. The molecule has 0 atom stereocenters. The molecule has 0 radical (unpaired) electrons. The first-order valence-corrected chi connectivity index (χ1v) is 6.07. The van der Waals surface area contributed by atoms with E-state index in [0.717, 1.165) is 28.6 Å². The predicted octanol–water partition coefficient (Wildman–Crippen LogP) is 2.77. The summed E-state index contributed by atoms with van der Waals surface area (Å²) in [5, 5.41) is 0.806. The number of carbonyl (C=O) groups excluding carboxylic acids is 1. The molecule has 1 amide bonds. The van der Waals surface area contributed by atoms with Gasteiger partial charge in [0.1, 0.15) is 0 Å². The Morgan fingerprint density at radius 1 is 1.40 bits per heavy atom. The Balaban J connectivity index is 2.96. The van der Waals surface area contributed by atoms with Crippen LogP contribution in [0.25, 0.3) is 0 Å². The normalized spacial score (nSPS) is 10.1. The fourth-order valence-electron chi connectivity index (χ4n) is 1.42. The molecule has 0 saturated heterocycles. The first kappa shape index (κ1) is 12.2. The minimum absolute atomic E-state index is 0.0932. The molecule has 0 aromatic heterocycles. The molecule has 3 heteroatoms. The number of carbonyl (C=O) groups is 1. The summed E-state index contributed by atoms with van der Waals surface area (Å²) in [6.07, 6.45) is 0. The van der Waals surface area contributed by atoms with Crippen molar-refractivity contribution in [1.82, 2.24) is 4.90 Å². The first-order chi connectivity index (χ1) is 7.07. The van der Waals surface area contributed by atoms with Gasteiger partial charge in [0.15, 0.2) is 0 Å². The molecular weight excluding hydrogens is 254 g/mol. The molecule has 0 aliphatic rings. The smallest absolute Gasteiger partial charge is 0.253 e. The predicted molar refractivity (Wildman–Crippen MR) is 66.7 cm³/mol. The van der Waals surface area contributed by atoms with E-state index in [2.05, 4.69) is 15.9 Å². The number of amides is 1. The van der Waals surface area contributed by atoms with Crippen molar-refractivity contribution in [2.24, 2.45) is 0 Å². The Labute approximate surface area is 99.4 Å². The molecule has 1 aromatic carbocycles. The highest BCUT2D eigenvalue weighted by molar-refractivity contribution is 9.09. The molecule has 1 rings (SSSR count). The average molecular weight is 270 g/mol. The highest BCUT2D eigenvalue weighted by Gasteiger charge is 2.13. The second-order valence-corrected chi connectivity index (χ2v) is 4.46. The Kier molecular flexibility index (Phi) is 4.33. The van der Waals surface area contributed by atoms with Crippen molar-refractivity contribution in [3.63, 3.8) is 0 Å². The van der Waals surface area contributed by atoms with Gasteiger partial charge in [-0.15, -0.1) is 0 Å². The van der Waals surface area contributed by atoms with E-state index >= 15 is 0 Å². The minimum atomic E-state index is 0.0932. The van der Waals surface area contributed by atoms with Crippen molar-refractivity contribution in [3.8, 4) is 0 Å². The van der Waals surface area contributed by atoms with Crippen LogP contribution in [0.3, 0.4) is 0 Å². The maximum Gasteiger partial charge on any atom is 0.253 e. The molecule has 0 saturated carbocycles. The van der Waals surface area contributed by atoms with Crippen LogP contribution < -0.4 is 0 Å². The van der Waals surface area contributed by atoms with Gasteiger partial charge in [-0.2, -0.15) is 0 Å². The Morgan fingerprint density at radius 3 is 2.67 bits per heavy atom. The van der Waals surface area contributed by atoms with E-state index < -0.39 is 0 Å². The molecule has 0 N–H and O–H groups in total. The van der Waals surface area contributed by atoms with Crippen molar-refractivity contribution >= 4 is 21.8 Å². The maximum absolute atomic E-state index is 12.0. The number of aryl methyl sites for hydroxylation is 1. The zero-order valence-electron chi connectivity index (χ0n) is 9.38. The first-order valence-electron chi connectivity index (χ1n) is 4.95. The Hall–Kier alpha value is -0.830. The summed E-state index contributed by atoms with van der Waals surface area (Å²) in [5.74, 6) is 0.0932. The summed E-state index contributed by atoms with van der Waals surface area (Å²) < 4.78 is 0.